The van der Waals surface area contributed by atoms with Gasteiger partial charge in [-0.3, -0.25) is 4.98 Å². The van der Waals surface area contributed by atoms with Gasteiger partial charge in [-0.1, -0.05) is 12.8 Å². The number of aromatic nitrogens is 1. The van der Waals surface area contributed by atoms with E-state index in [1.54, 1.807) is 6.20 Å². The molecule has 1 N–H and O–H groups in total. The van der Waals surface area contributed by atoms with Crippen molar-refractivity contribution in [2.75, 3.05) is 0 Å². The zero-order valence-corrected chi connectivity index (χ0v) is 12.2. The van der Waals surface area contributed by atoms with Crippen LogP contribution in [0.15, 0.2) is 22.9 Å². The van der Waals surface area contributed by atoms with Gasteiger partial charge in [0.05, 0.1) is 5.60 Å². The Bertz CT molecular complexity index is 412. The molecule has 98 valence electrons. The van der Waals surface area contributed by atoms with Gasteiger partial charge < -0.3 is 5.11 Å². The van der Waals surface area contributed by atoms with E-state index >= 15 is 0 Å². The highest BCUT2D eigenvalue weighted by molar-refractivity contribution is 9.10. The van der Waals surface area contributed by atoms with Crippen LogP contribution >= 0.6 is 15.9 Å². The molecule has 18 heavy (non-hydrogen) atoms. The Morgan fingerprint density at radius 3 is 2.22 bits per heavy atom. The second kappa shape index (κ2) is 4.93. The SMILES string of the molecule is OC(Cc1cncc(Br)c1)(C1CCC1)C1CCC1. The maximum Gasteiger partial charge on any atom is 0.0744 e. The molecule has 0 atom stereocenters. The Labute approximate surface area is 117 Å². The van der Waals surface area contributed by atoms with E-state index in [9.17, 15) is 5.11 Å². The third-order valence-corrected chi connectivity index (χ3v) is 5.31. The first-order chi connectivity index (χ1) is 8.68. The molecule has 0 amide bonds. The lowest BCUT2D eigenvalue weighted by Gasteiger charge is -2.50. The summed E-state index contributed by atoms with van der Waals surface area (Å²) in [6.07, 6.45) is 11.9. The lowest BCUT2D eigenvalue weighted by Crippen LogP contribution is -2.52. The average Bonchev–Trinajstić information content (AvgIpc) is 2.09. The Morgan fingerprint density at radius 1 is 1.17 bits per heavy atom. The van der Waals surface area contributed by atoms with Crippen LogP contribution in [0.3, 0.4) is 0 Å². The standard InChI is InChI=1S/C15H20BrNO/c16-14-7-11(9-17-10-14)8-15(18,12-3-1-4-12)13-5-2-6-13/h7,9-10,12-13,18H,1-6,8H2. The molecule has 0 spiro atoms. The van der Waals surface area contributed by atoms with Crippen LogP contribution in [0.5, 0.6) is 0 Å². The molecule has 1 heterocycles. The van der Waals surface area contributed by atoms with E-state index in [4.69, 9.17) is 0 Å². The molecule has 1 aromatic heterocycles. The van der Waals surface area contributed by atoms with Gasteiger partial charge in [0.2, 0.25) is 0 Å². The first-order valence-electron chi connectivity index (χ1n) is 7.00. The third-order valence-electron chi connectivity index (χ3n) is 4.87. The smallest absolute Gasteiger partial charge is 0.0744 e. The third kappa shape index (κ3) is 2.23. The molecule has 2 fully saturated rings. The topological polar surface area (TPSA) is 33.1 Å². The van der Waals surface area contributed by atoms with E-state index in [2.05, 4.69) is 27.0 Å². The summed E-state index contributed by atoms with van der Waals surface area (Å²) < 4.78 is 1.00. The molecule has 0 aromatic carbocycles. The van der Waals surface area contributed by atoms with Crippen molar-refractivity contribution in [3.05, 3.63) is 28.5 Å². The van der Waals surface area contributed by atoms with Crippen molar-refractivity contribution < 1.29 is 5.11 Å². The molecular formula is C15H20BrNO. The van der Waals surface area contributed by atoms with E-state index in [0.29, 0.717) is 11.8 Å². The number of rotatable bonds is 4. The Kier molecular flexibility index (Phi) is 3.46. The fraction of sp³-hybridized carbons (Fsp3) is 0.667. The number of halogens is 1. The average molecular weight is 310 g/mol. The predicted octanol–water partition coefficient (Wildman–Crippen LogP) is 3.72. The van der Waals surface area contributed by atoms with Gasteiger partial charge in [-0.05, 0) is 65.1 Å². The van der Waals surface area contributed by atoms with Gasteiger partial charge in [0.25, 0.3) is 0 Å². The second-order valence-corrected chi connectivity index (χ2v) is 6.85. The first kappa shape index (κ1) is 12.6. The van der Waals surface area contributed by atoms with Crippen LogP contribution < -0.4 is 0 Å². The fourth-order valence-electron chi connectivity index (χ4n) is 3.32. The zero-order valence-electron chi connectivity index (χ0n) is 10.6. The van der Waals surface area contributed by atoms with Crippen LogP contribution in [0, 0.1) is 11.8 Å². The monoisotopic (exact) mass is 309 g/mol. The molecule has 0 bridgehead atoms. The van der Waals surface area contributed by atoms with Crippen LogP contribution in [0.1, 0.15) is 44.1 Å². The summed E-state index contributed by atoms with van der Waals surface area (Å²) >= 11 is 3.46. The van der Waals surface area contributed by atoms with Gasteiger partial charge in [-0.25, -0.2) is 0 Å². The number of aliphatic hydroxyl groups is 1. The van der Waals surface area contributed by atoms with Gasteiger partial charge in [-0.2, -0.15) is 0 Å². The van der Waals surface area contributed by atoms with Crippen molar-refractivity contribution in [1.82, 2.24) is 4.98 Å². The molecule has 0 unspecified atom stereocenters. The summed E-state index contributed by atoms with van der Waals surface area (Å²) in [4.78, 5) is 4.22. The highest BCUT2D eigenvalue weighted by Gasteiger charge is 2.47. The largest absolute Gasteiger partial charge is 0.389 e. The molecular weight excluding hydrogens is 290 g/mol. The van der Waals surface area contributed by atoms with Crippen LogP contribution in [-0.2, 0) is 6.42 Å². The molecule has 3 heteroatoms. The molecule has 2 saturated carbocycles. The molecule has 0 saturated heterocycles. The maximum atomic E-state index is 11.2. The van der Waals surface area contributed by atoms with Crippen LogP contribution in [0.4, 0.5) is 0 Å². The second-order valence-electron chi connectivity index (χ2n) is 5.94. The lowest BCUT2D eigenvalue weighted by molar-refractivity contribution is -0.118. The maximum absolute atomic E-state index is 11.2. The highest BCUT2D eigenvalue weighted by Crippen LogP contribution is 2.48. The molecule has 0 radical (unpaired) electrons. The number of hydrogen-bond acceptors (Lipinski definition) is 2. The minimum atomic E-state index is -0.473. The van der Waals surface area contributed by atoms with Crippen molar-refractivity contribution in [2.45, 2.75) is 50.5 Å². The predicted molar refractivity (Wildman–Crippen MR) is 75.3 cm³/mol. The summed E-state index contributed by atoms with van der Waals surface area (Å²) in [7, 11) is 0. The highest BCUT2D eigenvalue weighted by atomic mass is 79.9. The minimum Gasteiger partial charge on any atom is -0.389 e. The Balaban J connectivity index is 1.80. The van der Waals surface area contributed by atoms with E-state index in [1.807, 2.05) is 6.20 Å². The van der Waals surface area contributed by atoms with Gasteiger partial charge in [0.15, 0.2) is 0 Å². The fourth-order valence-corrected chi connectivity index (χ4v) is 3.73. The first-order valence-corrected chi connectivity index (χ1v) is 7.79. The van der Waals surface area contributed by atoms with Gasteiger partial charge in [0.1, 0.15) is 0 Å². The van der Waals surface area contributed by atoms with Gasteiger partial charge >= 0.3 is 0 Å². The van der Waals surface area contributed by atoms with Crippen molar-refractivity contribution in [2.24, 2.45) is 11.8 Å². The molecule has 1 aromatic rings. The summed E-state index contributed by atoms with van der Waals surface area (Å²) in [5, 5.41) is 11.2. The zero-order chi connectivity index (χ0) is 12.6. The van der Waals surface area contributed by atoms with E-state index in [-0.39, 0.29) is 0 Å². The normalized spacial score (nSPS) is 21.4. The van der Waals surface area contributed by atoms with E-state index in [0.717, 1.165) is 16.5 Å². The van der Waals surface area contributed by atoms with Crippen molar-refractivity contribution in [3.8, 4) is 0 Å². The number of nitrogens with zero attached hydrogens (tertiary/aromatic N) is 1. The quantitative estimate of drug-likeness (QED) is 0.919. The Hall–Kier alpha value is -0.410. The van der Waals surface area contributed by atoms with Crippen LogP contribution in [-0.4, -0.2) is 15.7 Å². The summed E-state index contributed by atoms with van der Waals surface area (Å²) in [5.74, 6) is 1.03. The molecule has 2 nitrogen and oxygen atoms in total. The Morgan fingerprint density at radius 2 is 1.78 bits per heavy atom. The van der Waals surface area contributed by atoms with Crippen molar-refractivity contribution in [1.29, 1.82) is 0 Å². The minimum absolute atomic E-state index is 0.473. The summed E-state index contributed by atoms with van der Waals surface area (Å²) in [6, 6.07) is 2.09. The summed E-state index contributed by atoms with van der Waals surface area (Å²) in [6.45, 7) is 0. The van der Waals surface area contributed by atoms with E-state index in [1.165, 1.54) is 38.5 Å². The van der Waals surface area contributed by atoms with Gasteiger partial charge in [-0.15, -0.1) is 0 Å². The van der Waals surface area contributed by atoms with Crippen LogP contribution in [0.2, 0.25) is 0 Å². The number of hydrogen-bond donors (Lipinski definition) is 1. The lowest BCUT2D eigenvalue weighted by atomic mass is 9.59. The van der Waals surface area contributed by atoms with Crippen molar-refractivity contribution in [3.63, 3.8) is 0 Å². The number of pyridine rings is 1. The van der Waals surface area contributed by atoms with Gasteiger partial charge in [0, 0.05) is 23.3 Å². The van der Waals surface area contributed by atoms with Crippen LogP contribution in [0.25, 0.3) is 0 Å². The molecule has 2 aliphatic carbocycles. The van der Waals surface area contributed by atoms with E-state index < -0.39 is 5.60 Å². The summed E-state index contributed by atoms with van der Waals surface area (Å²) in [5.41, 5.74) is 0.685. The molecule has 0 aliphatic heterocycles. The van der Waals surface area contributed by atoms with Crippen molar-refractivity contribution >= 4 is 15.9 Å². The molecule has 2 aliphatic rings. The molecule has 3 rings (SSSR count).